The second kappa shape index (κ2) is 8.17. The van der Waals surface area contributed by atoms with Crippen LogP contribution in [0.25, 0.3) is 0 Å². The molecule has 2 atom stereocenters. The Morgan fingerprint density at radius 2 is 1.85 bits per heavy atom. The molecule has 3 fully saturated rings. The highest BCUT2D eigenvalue weighted by molar-refractivity contribution is 5.94. The Kier molecular flexibility index (Phi) is 5.48. The van der Waals surface area contributed by atoms with Gasteiger partial charge < -0.3 is 9.80 Å². The van der Waals surface area contributed by atoms with E-state index in [1.165, 1.54) is 18.4 Å². The van der Waals surface area contributed by atoms with Gasteiger partial charge in [-0.05, 0) is 50.6 Å². The molecule has 1 aromatic heterocycles. The molecule has 0 unspecified atom stereocenters. The lowest BCUT2D eigenvalue weighted by atomic mass is 9.94. The fourth-order valence-corrected chi connectivity index (χ4v) is 4.43. The zero-order valence-electron chi connectivity index (χ0n) is 16.1. The third-order valence-corrected chi connectivity index (χ3v) is 5.86. The van der Waals surface area contributed by atoms with Crippen LogP contribution in [0.1, 0.15) is 41.0 Å². The molecule has 5 heteroatoms. The van der Waals surface area contributed by atoms with Crippen molar-refractivity contribution in [1.82, 2.24) is 19.8 Å². The molecule has 3 saturated heterocycles. The number of rotatable bonds is 5. The third-order valence-electron chi connectivity index (χ3n) is 5.86. The van der Waals surface area contributed by atoms with Gasteiger partial charge in [0.1, 0.15) is 5.82 Å². The topological polar surface area (TPSA) is 49.3 Å². The molecule has 1 aromatic carbocycles. The number of piperidine rings is 1. The SMILES string of the molecule is Cc1ncc(C(=O)N2C[C@H]3CC[C@@H]2CN(CCCc2ccccc2)C3)cn1. The van der Waals surface area contributed by atoms with Crippen LogP contribution in [0.2, 0.25) is 0 Å². The van der Waals surface area contributed by atoms with Crippen LogP contribution in [0.15, 0.2) is 42.7 Å². The molecule has 0 aliphatic carbocycles. The number of benzene rings is 1. The number of fused-ring (bicyclic) bond motifs is 4. The number of aromatic nitrogens is 2. The fourth-order valence-electron chi connectivity index (χ4n) is 4.43. The number of hydrogen-bond donors (Lipinski definition) is 0. The van der Waals surface area contributed by atoms with Crippen molar-refractivity contribution < 1.29 is 4.79 Å². The lowest BCUT2D eigenvalue weighted by Gasteiger charge is -2.36. The number of carbonyl (C=O) groups is 1. The summed E-state index contributed by atoms with van der Waals surface area (Å²) in [6, 6.07) is 11.0. The molecule has 2 aromatic rings. The van der Waals surface area contributed by atoms with Crippen molar-refractivity contribution in [3.8, 4) is 0 Å². The Labute approximate surface area is 161 Å². The van der Waals surface area contributed by atoms with E-state index < -0.39 is 0 Å². The van der Waals surface area contributed by atoms with Crippen LogP contribution < -0.4 is 0 Å². The number of hydrogen-bond acceptors (Lipinski definition) is 4. The van der Waals surface area contributed by atoms with E-state index in [0.717, 1.165) is 39.0 Å². The van der Waals surface area contributed by atoms with Gasteiger partial charge in [-0.15, -0.1) is 0 Å². The van der Waals surface area contributed by atoms with E-state index in [2.05, 4.69) is 50.1 Å². The summed E-state index contributed by atoms with van der Waals surface area (Å²) >= 11 is 0. The highest BCUT2D eigenvalue weighted by atomic mass is 16.2. The average molecular weight is 364 g/mol. The second-order valence-corrected chi connectivity index (χ2v) is 7.92. The maximum Gasteiger partial charge on any atom is 0.257 e. The van der Waals surface area contributed by atoms with Gasteiger partial charge in [0, 0.05) is 38.1 Å². The predicted octanol–water partition coefficient (Wildman–Crippen LogP) is 2.95. The maximum absolute atomic E-state index is 13.0. The van der Waals surface area contributed by atoms with Crippen molar-refractivity contribution in [3.63, 3.8) is 0 Å². The molecule has 5 rings (SSSR count). The monoisotopic (exact) mass is 364 g/mol. The molecular formula is C22H28N4O. The van der Waals surface area contributed by atoms with Crippen LogP contribution in [0.5, 0.6) is 0 Å². The van der Waals surface area contributed by atoms with Gasteiger partial charge in [0.2, 0.25) is 0 Å². The number of nitrogens with zero attached hydrogens (tertiary/aromatic N) is 4. The van der Waals surface area contributed by atoms with Crippen molar-refractivity contribution in [2.24, 2.45) is 5.92 Å². The smallest absolute Gasteiger partial charge is 0.257 e. The van der Waals surface area contributed by atoms with Gasteiger partial charge in [-0.1, -0.05) is 30.3 Å². The van der Waals surface area contributed by atoms with Crippen LogP contribution >= 0.6 is 0 Å². The van der Waals surface area contributed by atoms with E-state index in [0.29, 0.717) is 23.3 Å². The summed E-state index contributed by atoms with van der Waals surface area (Å²) in [7, 11) is 0. The average Bonchev–Trinajstić information content (AvgIpc) is 3.00. The van der Waals surface area contributed by atoms with Crippen molar-refractivity contribution in [3.05, 3.63) is 59.7 Å². The van der Waals surface area contributed by atoms with Gasteiger partial charge in [0.05, 0.1) is 5.56 Å². The van der Waals surface area contributed by atoms with Crippen LogP contribution in [0, 0.1) is 12.8 Å². The predicted molar refractivity (Wildman–Crippen MR) is 106 cm³/mol. The summed E-state index contributed by atoms with van der Waals surface area (Å²) in [5.74, 6) is 1.38. The molecule has 142 valence electrons. The van der Waals surface area contributed by atoms with E-state index in [-0.39, 0.29) is 5.91 Å². The Morgan fingerprint density at radius 3 is 2.63 bits per heavy atom. The van der Waals surface area contributed by atoms with E-state index in [4.69, 9.17) is 0 Å². The Balaban J connectivity index is 1.37. The summed E-state index contributed by atoms with van der Waals surface area (Å²) in [6.07, 6.45) is 7.97. The molecule has 0 spiro atoms. The third kappa shape index (κ3) is 4.35. The first-order valence-corrected chi connectivity index (χ1v) is 10.0. The minimum absolute atomic E-state index is 0.0934. The summed E-state index contributed by atoms with van der Waals surface area (Å²) < 4.78 is 0. The summed E-state index contributed by atoms with van der Waals surface area (Å²) in [4.78, 5) is 26.0. The van der Waals surface area contributed by atoms with Crippen molar-refractivity contribution in [2.75, 3.05) is 26.2 Å². The largest absolute Gasteiger partial charge is 0.334 e. The van der Waals surface area contributed by atoms with E-state index in [1.54, 1.807) is 12.4 Å². The van der Waals surface area contributed by atoms with Gasteiger partial charge in [-0.25, -0.2) is 9.97 Å². The standard InChI is InChI=1S/C22H28N4O/c1-17-23-12-20(13-24-17)22(27)26-15-19-9-10-21(26)16-25(14-19)11-5-8-18-6-3-2-4-7-18/h2-4,6-7,12-13,19,21H,5,8-11,14-16H2,1H3/t19-,21+/m0/s1. The highest BCUT2D eigenvalue weighted by Gasteiger charge is 2.37. The molecule has 27 heavy (non-hydrogen) atoms. The van der Waals surface area contributed by atoms with Gasteiger partial charge in [-0.2, -0.15) is 0 Å². The molecule has 1 amide bonds. The number of aryl methyl sites for hydroxylation is 2. The molecule has 0 N–H and O–H groups in total. The lowest BCUT2D eigenvalue weighted by molar-refractivity contribution is 0.0584. The molecule has 4 heterocycles. The quantitative estimate of drug-likeness (QED) is 0.818. The zero-order chi connectivity index (χ0) is 18.6. The molecule has 0 radical (unpaired) electrons. The lowest BCUT2D eigenvalue weighted by Crippen LogP contribution is -2.47. The highest BCUT2D eigenvalue weighted by Crippen LogP contribution is 2.29. The number of carbonyl (C=O) groups excluding carboxylic acids is 1. The Hall–Kier alpha value is -2.27. The first-order valence-electron chi connectivity index (χ1n) is 10.0. The molecule has 0 saturated carbocycles. The van der Waals surface area contributed by atoms with Crippen molar-refractivity contribution >= 4 is 5.91 Å². The van der Waals surface area contributed by atoms with E-state index in [1.807, 2.05) is 6.92 Å². The fraction of sp³-hybridized carbons (Fsp3) is 0.500. The Morgan fingerprint density at radius 1 is 1.07 bits per heavy atom. The molecule has 3 aliphatic rings. The van der Waals surface area contributed by atoms with Crippen LogP contribution in [0.4, 0.5) is 0 Å². The normalized spacial score (nSPS) is 22.6. The summed E-state index contributed by atoms with van der Waals surface area (Å²) in [6.45, 7) is 5.92. The second-order valence-electron chi connectivity index (χ2n) is 7.92. The number of amides is 1. The van der Waals surface area contributed by atoms with E-state index in [9.17, 15) is 4.79 Å². The summed E-state index contributed by atoms with van der Waals surface area (Å²) in [5, 5.41) is 0. The molecule has 2 bridgehead atoms. The van der Waals surface area contributed by atoms with Gasteiger partial charge >= 0.3 is 0 Å². The van der Waals surface area contributed by atoms with Gasteiger partial charge in [0.25, 0.3) is 5.91 Å². The molecule has 3 aliphatic heterocycles. The summed E-state index contributed by atoms with van der Waals surface area (Å²) in [5.41, 5.74) is 2.02. The van der Waals surface area contributed by atoms with Crippen LogP contribution in [0.3, 0.4) is 0 Å². The van der Waals surface area contributed by atoms with Crippen molar-refractivity contribution in [2.45, 2.75) is 38.6 Å². The molecular weight excluding hydrogens is 336 g/mol. The minimum Gasteiger partial charge on any atom is -0.334 e. The van der Waals surface area contributed by atoms with E-state index >= 15 is 0 Å². The minimum atomic E-state index is 0.0934. The van der Waals surface area contributed by atoms with Crippen molar-refractivity contribution in [1.29, 1.82) is 0 Å². The first kappa shape index (κ1) is 18.1. The first-order chi connectivity index (χ1) is 13.2. The van der Waals surface area contributed by atoms with Crippen LogP contribution in [-0.4, -0.2) is 57.9 Å². The molecule has 5 nitrogen and oxygen atoms in total. The maximum atomic E-state index is 13.0. The van der Waals surface area contributed by atoms with Gasteiger partial charge in [-0.3, -0.25) is 4.79 Å². The van der Waals surface area contributed by atoms with Crippen LogP contribution in [-0.2, 0) is 6.42 Å². The zero-order valence-corrected chi connectivity index (χ0v) is 16.1. The Bertz CT molecular complexity index is 762. The van der Waals surface area contributed by atoms with Gasteiger partial charge in [0.15, 0.2) is 0 Å².